The smallest absolute Gasteiger partial charge is 0.136 e. The Balaban J connectivity index is 1.75. The highest BCUT2D eigenvalue weighted by Gasteiger charge is 2.30. The molecular formula is C18H24N4S. The van der Waals surface area contributed by atoms with Gasteiger partial charge in [0.25, 0.3) is 0 Å². The normalized spacial score (nSPS) is 20.0. The molecular weight excluding hydrogens is 304 g/mol. The summed E-state index contributed by atoms with van der Waals surface area (Å²) in [5.74, 6) is 2.07. The van der Waals surface area contributed by atoms with Gasteiger partial charge < -0.3 is 4.90 Å². The van der Waals surface area contributed by atoms with Crippen molar-refractivity contribution in [2.24, 2.45) is 0 Å². The zero-order valence-electron chi connectivity index (χ0n) is 14.2. The molecule has 4 nitrogen and oxygen atoms in total. The molecule has 5 heteroatoms. The zero-order chi connectivity index (χ0) is 16.0. The summed E-state index contributed by atoms with van der Waals surface area (Å²) >= 11 is 1.87. The minimum atomic E-state index is 0.422. The minimum Gasteiger partial charge on any atom is -0.351 e. The van der Waals surface area contributed by atoms with Crippen LogP contribution in [0.5, 0.6) is 0 Å². The van der Waals surface area contributed by atoms with E-state index in [0.717, 1.165) is 30.9 Å². The fraction of sp³-hybridized carbons (Fsp3) is 0.611. The van der Waals surface area contributed by atoms with Crippen molar-refractivity contribution >= 4 is 17.2 Å². The number of thiazole rings is 1. The van der Waals surface area contributed by atoms with E-state index >= 15 is 0 Å². The van der Waals surface area contributed by atoms with E-state index in [-0.39, 0.29) is 0 Å². The van der Waals surface area contributed by atoms with Gasteiger partial charge in [-0.1, -0.05) is 0 Å². The van der Waals surface area contributed by atoms with Gasteiger partial charge in [0, 0.05) is 18.3 Å². The number of hydrogen-bond acceptors (Lipinski definition) is 5. The third kappa shape index (κ3) is 2.65. The number of nitrogens with zero attached hydrogens (tertiary/aromatic N) is 4. The van der Waals surface area contributed by atoms with Crippen molar-refractivity contribution in [1.29, 1.82) is 0 Å². The molecule has 0 amide bonds. The molecule has 0 saturated carbocycles. The van der Waals surface area contributed by atoms with Crippen molar-refractivity contribution in [2.75, 3.05) is 11.9 Å². The van der Waals surface area contributed by atoms with Crippen LogP contribution in [0.4, 0.5) is 5.82 Å². The van der Waals surface area contributed by atoms with Crippen LogP contribution in [0, 0.1) is 13.8 Å². The molecule has 2 aliphatic rings. The zero-order valence-corrected chi connectivity index (χ0v) is 15.0. The second kappa shape index (κ2) is 5.86. The predicted molar refractivity (Wildman–Crippen MR) is 94.3 cm³/mol. The Hall–Kier alpha value is -1.49. The molecule has 0 aromatic carbocycles. The van der Waals surface area contributed by atoms with Gasteiger partial charge >= 0.3 is 0 Å². The van der Waals surface area contributed by atoms with Gasteiger partial charge in [-0.15, -0.1) is 11.3 Å². The van der Waals surface area contributed by atoms with Crippen LogP contribution in [0.1, 0.15) is 64.4 Å². The molecule has 23 heavy (non-hydrogen) atoms. The van der Waals surface area contributed by atoms with Gasteiger partial charge in [0.1, 0.15) is 11.6 Å². The largest absolute Gasteiger partial charge is 0.351 e. The van der Waals surface area contributed by atoms with Crippen LogP contribution in [0.2, 0.25) is 0 Å². The van der Waals surface area contributed by atoms with Crippen LogP contribution >= 0.6 is 11.3 Å². The van der Waals surface area contributed by atoms with E-state index in [1.807, 2.05) is 18.3 Å². The van der Waals surface area contributed by atoms with Crippen molar-refractivity contribution in [3.63, 3.8) is 0 Å². The summed E-state index contributed by atoms with van der Waals surface area (Å²) in [5.41, 5.74) is 3.98. The summed E-state index contributed by atoms with van der Waals surface area (Å²) in [7, 11) is 2.21. The summed E-state index contributed by atoms with van der Waals surface area (Å²) in [6.07, 6.45) is 8.29. The Labute approximate surface area is 142 Å². The van der Waals surface area contributed by atoms with E-state index in [1.54, 1.807) is 0 Å². The molecule has 4 rings (SSSR count). The first-order valence-electron chi connectivity index (χ1n) is 8.69. The molecule has 0 saturated heterocycles. The molecule has 122 valence electrons. The van der Waals surface area contributed by atoms with E-state index in [0.29, 0.717) is 6.04 Å². The van der Waals surface area contributed by atoms with Gasteiger partial charge in [-0.25, -0.2) is 15.0 Å². The summed E-state index contributed by atoms with van der Waals surface area (Å²) in [4.78, 5) is 18.2. The minimum absolute atomic E-state index is 0.422. The monoisotopic (exact) mass is 328 g/mol. The molecule has 0 N–H and O–H groups in total. The van der Waals surface area contributed by atoms with E-state index in [9.17, 15) is 0 Å². The molecule has 1 unspecified atom stereocenters. The second-order valence-corrected chi connectivity index (χ2v) is 8.02. The molecule has 0 fully saturated rings. The van der Waals surface area contributed by atoms with E-state index < -0.39 is 0 Å². The molecule has 2 aliphatic carbocycles. The van der Waals surface area contributed by atoms with E-state index in [2.05, 4.69) is 18.9 Å². The van der Waals surface area contributed by atoms with Gasteiger partial charge in [-0.3, -0.25) is 0 Å². The van der Waals surface area contributed by atoms with Gasteiger partial charge in [-0.2, -0.15) is 0 Å². The molecule has 0 spiro atoms. The van der Waals surface area contributed by atoms with Gasteiger partial charge in [-0.05, 0) is 58.8 Å². The second-order valence-electron chi connectivity index (χ2n) is 6.79. The number of aromatic nitrogens is 3. The molecule has 2 aromatic heterocycles. The molecule has 1 atom stereocenters. The van der Waals surface area contributed by atoms with Gasteiger partial charge in [0.05, 0.1) is 21.6 Å². The van der Waals surface area contributed by atoms with E-state index in [4.69, 9.17) is 15.0 Å². The van der Waals surface area contributed by atoms with E-state index in [1.165, 1.54) is 52.5 Å². The highest BCUT2D eigenvalue weighted by Crippen LogP contribution is 2.40. The number of fused-ring (bicyclic) bond motifs is 2. The summed E-state index contributed by atoms with van der Waals surface area (Å²) in [6.45, 7) is 4.14. The number of aryl methyl sites for hydroxylation is 4. The molecule has 2 aromatic rings. The van der Waals surface area contributed by atoms with Crippen LogP contribution in [0.15, 0.2) is 0 Å². The Morgan fingerprint density at radius 3 is 2.61 bits per heavy atom. The average Bonchev–Trinajstić information content (AvgIpc) is 2.93. The van der Waals surface area contributed by atoms with Crippen LogP contribution in [-0.2, 0) is 19.3 Å². The van der Waals surface area contributed by atoms with Crippen molar-refractivity contribution < 1.29 is 0 Å². The van der Waals surface area contributed by atoms with Crippen LogP contribution in [0.25, 0.3) is 0 Å². The predicted octanol–water partition coefficient (Wildman–Crippen LogP) is 3.94. The third-order valence-electron chi connectivity index (χ3n) is 5.10. The Morgan fingerprint density at radius 1 is 0.957 bits per heavy atom. The molecule has 0 bridgehead atoms. The molecule has 0 radical (unpaired) electrons. The first-order valence-corrected chi connectivity index (χ1v) is 9.50. The lowest BCUT2D eigenvalue weighted by molar-refractivity contribution is 0.539. The third-order valence-corrected chi connectivity index (χ3v) is 6.22. The Kier molecular flexibility index (Phi) is 3.84. The van der Waals surface area contributed by atoms with Crippen LogP contribution in [-0.4, -0.2) is 22.0 Å². The molecule has 2 heterocycles. The highest BCUT2D eigenvalue weighted by molar-refractivity contribution is 7.11. The molecule has 0 aliphatic heterocycles. The highest BCUT2D eigenvalue weighted by atomic mass is 32.1. The summed E-state index contributed by atoms with van der Waals surface area (Å²) in [5, 5.41) is 1.19. The van der Waals surface area contributed by atoms with Crippen LogP contribution < -0.4 is 4.90 Å². The maximum atomic E-state index is 4.84. The fourth-order valence-electron chi connectivity index (χ4n) is 4.02. The lowest BCUT2D eigenvalue weighted by Crippen LogP contribution is -2.29. The van der Waals surface area contributed by atoms with Gasteiger partial charge in [0.15, 0.2) is 0 Å². The quantitative estimate of drug-likeness (QED) is 0.837. The first-order chi connectivity index (χ1) is 11.1. The lowest BCUT2D eigenvalue weighted by Gasteiger charge is -2.34. The van der Waals surface area contributed by atoms with Gasteiger partial charge in [0.2, 0.25) is 0 Å². The fourth-order valence-corrected chi connectivity index (χ4v) is 5.17. The number of anilines is 1. The topological polar surface area (TPSA) is 41.9 Å². The van der Waals surface area contributed by atoms with Crippen molar-refractivity contribution in [3.05, 3.63) is 32.7 Å². The maximum Gasteiger partial charge on any atom is 0.136 e. The average molecular weight is 328 g/mol. The van der Waals surface area contributed by atoms with Crippen molar-refractivity contribution in [3.8, 4) is 0 Å². The first kappa shape index (κ1) is 15.1. The Morgan fingerprint density at radius 2 is 1.74 bits per heavy atom. The summed E-state index contributed by atoms with van der Waals surface area (Å²) in [6, 6.07) is 0.422. The summed E-state index contributed by atoms with van der Waals surface area (Å²) < 4.78 is 0. The maximum absolute atomic E-state index is 4.84. The Bertz CT molecular complexity index is 737. The SMILES string of the molecule is Cc1nc2c(c(N(C)C3CCCc4nc(C)sc43)n1)CCCC2. The number of hydrogen-bond donors (Lipinski definition) is 0. The standard InChI is InChI=1S/C18H24N4S/c1-11-19-14-8-5-4-7-13(14)18(20-11)22(3)16-10-6-9-15-17(16)23-12(2)21-15/h16H,4-10H2,1-3H3. The van der Waals surface area contributed by atoms with Crippen LogP contribution in [0.3, 0.4) is 0 Å². The number of rotatable bonds is 2. The van der Waals surface area contributed by atoms with Crippen molar-refractivity contribution in [2.45, 2.75) is 64.8 Å². The lowest BCUT2D eigenvalue weighted by atomic mass is 9.93. The van der Waals surface area contributed by atoms with Crippen molar-refractivity contribution in [1.82, 2.24) is 15.0 Å².